The van der Waals surface area contributed by atoms with Crippen molar-refractivity contribution in [3.05, 3.63) is 0 Å². The number of hydrogen-bond acceptors (Lipinski definition) is 3. The molecule has 1 unspecified atom stereocenters. The molecule has 1 saturated heterocycles. The van der Waals surface area contributed by atoms with Crippen LogP contribution in [0.2, 0.25) is 0 Å². The molecule has 1 heterocycles. The van der Waals surface area contributed by atoms with Gasteiger partial charge in [-0.25, -0.2) is 0 Å². The summed E-state index contributed by atoms with van der Waals surface area (Å²) in [6.45, 7) is 3.62. The smallest absolute Gasteiger partial charge is 0.226 e. The summed E-state index contributed by atoms with van der Waals surface area (Å²) in [7, 11) is 0. The maximum Gasteiger partial charge on any atom is 0.226 e. The first-order valence-corrected chi connectivity index (χ1v) is 7.37. The molecule has 0 aromatic heterocycles. The summed E-state index contributed by atoms with van der Waals surface area (Å²) < 4.78 is 0. The Hall–Kier alpha value is -1.10. The van der Waals surface area contributed by atoms with Crippen LogP contribution in [-0.4, -0.2) is 42.4 Å². The third-order valence-electron chi connectivity index (χ3n) is 4.42. The van der Waals surface area contributed by atoms with Gasteiger partial charge in [-0.1, -0.05) is 6.42 Å². The van der Waals surface area contributed by atoms with E-state index < -0.39 is 0 Å². The number of piperidine rings is 1. The Bertz CT molecular complexity index is 346. The summed E-state index contributed by atoms with van der Waals surface area (Å²) in [6, 6.07) is 0.118. The van der Waals surface area contributed by atoms with Crippen molar-refractivity contribution in [3.63, 3.8) is 0 Å². The molecule has 0 radical (unpaired) electrons. The lowest BCUT2D eigenvalue weighted by Gasteiger charge is -2.35. The van der Waals surface area contributed by atoms with Gasteiger partial charge >= 0.3 is 0 Å². The molecule has 0 aromatic rings. The van der Waals surface area contributed by atoms with Crippen molar-refractivity contribution in [2.45, 2.75) is 45.1 Å². The van der Waals surface area contributed by atoms with E-state index in [0.29, 0.717) is 19.0 Å². The molecule has 2 aliphatic rings. The molecule has 2 rings (SSSR count). The molecule has 2 amide bonds. The summed E-state index contributed by atoms with van der Waals surface area (Å²) in [4.78, 5) is 25.6. The van der Waals surface area contributed by atoms with Gasteiger partial charge in [-0.3, -0.25) is 9.59 Å². The van der Waals surface area contributed by atoms with E-state index in [-0.39, 0.29) is 23.8 Å². The fourth-order valence-electron chi connectivity index (χ4n) is 3.46. The topological polar surface area (TPSA) is 75.4 Å². The molecule has 19 heavy (non-hydrogen) atoms. The quantitative estimate of drug-likeness (QED) is 0.781. The molecule has 1 aliphatic heterocycles. The molecular formula is C14H25N3O2. The second kappa shape index (κ2) is 6.37. The highest BCUT2D eigenvalue weighted by Gasteiger charge is 2.36. The molecule has 108 valence electrons. The number of carbonyl (C=O) groups excluding carboxylic acids is 2. The predicted octanol–water partition coefficient (Wildman–Crippen LogP) is 0.489. The maximum atomic E-state index is 12.6. The van der Waals surface area contributed by atoms with E-state index in [2.05, 4.69) is 5.32 Å². The van der Waals surface area contributed by atoms with Crippen LogP contribution in [-0.2, 0) is 9.59 Å². The van der Waals surface area contributed by atoms with Gasteiger partial charge in [-0.2, -0.15) is 0 Å². The van der Waals surface area contributed by atoms with E-state index in [1.165, 1.54) is 6.92 Å². The fourth-order valence-corrected chi connectivity index (χ4v) is 3.46. The number of amides is 2. The molecular weight excluding hydrogens is 242 g/mol. The zero-order valence-corrected chi connectivity index (χ0v) is 11.7. The van der Waals surface area contributed by atoms with Crippen LogP contribution in [0.15, 0.2) is 0 Å². The monoisotopic (exact) mass is 267 g/mol. The van der Waals surface area contributed by atoms with Crippen molar-refractivity contribution < 1.29 is 9.59 Å². The number of nitrogens with two attached hydrogens (primary N) is 1. The number of carbonyl (C=O) groups is 2. The molecule has 1 aliphatic carbocycles. The Kier molecular flexibility index (Phi) is 4.80. The number of nitrogens with one attached hydrogen (secondary N) is 1. The predicted molar refractivity (Wildman–Crippen MR) is 73.3 cm³/mol. The highest BCUT2D eigenvalue weighted by molar-refractivity contribution is 5.80. The lowest BCUT2D eigenvalue weighted by atomic mass is 9.93. The average molecular weight is 267 g/mol. The van der Waals surface area contributed by atoms with E-state index in [1.54, 1.807) is 0 Å². The van der Waals surface area contributed by atoms with Crippen LogP contribution < -0.4 is 11.1 Å². The number of rotatable bonds is 3. The molecule has 3 atom stereocenters. The van der Waals surface area contributed by atoms with Gasteiger partial charge in [0.15, 0.2) is 0 Å². The zero-order valence-electron chi connectivity index (χ0n) is 11.7. The average Bonchev–Trinajstić information content (AvgIpc) is 2.85. The number of nitrogens with zero attached hydrogens (tertiary/aromatic N) is 1. The largest absolute Gasteiger partial charge is 0.352 e. The van der Waals surface area contributed by atoms with Gasteiger partial charge in [0.2, 0.25) is 11.8 Å². The Morgan fingerprint density at radius 2 is 2.05 bits per heavy atom. The first kappa shape index (κ1) is 14.3. The summed E-state index contributed by atoms with van der Waals surface area (Å²) >= 11 is 0. The van der Waals surface area contributed by atoms with Crippen molar-refractivity contribution in [1.29, 1.82) is 0 Å². The highest BCUT2D eigenvalue weighted by Crippen LogP contribution is 2.33. The molecule has 0 spiro atoms. The lowest BCUT2D eigenvalue weighted by Crippen LogP contribution is -2.51. The molecule has 5 heteroatoms. The van der Waals surface area contributed by atoms with Gasteiger partial charge in [-0.05, 0) is 38.1 Å². The number of hydrogen-bond donors (Lipinski definition) is 2. The Morgan fingerprint density at radius 3 is 2.74 bits per heavy atom. The van der Waals surface area contributed by atoms with Crippen molar-refractivity contribution in [3.8, 4) is 0 Å². The Labute approximate surface area is 114 Å². The molecule has 1 saturated carbocycles. The highest BCUT2D eigenvalue weighted by atomic mass is 16.2. The van der Waals surface area contributed by atoms with Crippen LogP contribution in [0.25, 0.3) is 0 Å². The number of likely N-dealkylation sites (tertiary alicyclic amines) is 1. The fraction of sp³-hybridized carbons (Fsp3) is 0.857. The third-order valence-corrected chi connectivity index (χ3v) is 4.42. The summed E-state index contributed by atoms with van der Waals surface area (Å²) in [5, 5.41) is 2.92. The molecule has 0 aromatic carbocycles. The van der Waals surface area contributed by atoms with Crippen molar-refractivity contribution in [1.82, 2.24) is 10.2 Å². The standard InChI is InChI=1S/C14H25N3O2/c1-10(18)16-12-5-3-7-17(9-12)14(19)13-6-2-4-11(13)8-15/h11-13H,2-9,15H2,1H3,(H,16,18)/t11-,12?,13-/m1/s1. The minimum atomic E-state index is -0.0139. The molecule has 3 N–H and O–H groups in total. The van der Waals surface area contributed by atoms with Gasteiger partial charge in [0.25, 0.3) is 0 Å². The second-order valence-corrected chi connectivity index (χ2v) is 5.86. The van der Waals surface area contributed by atoms with Crippen molar-refractivity contribution >= 4 is 11.8 Å². The van der Waals surface area contributed by atoms with Gasteiger partial charge in [0.05, 0.1) is 0 Å². The van der Waals surface area contributed by atoms with Crippen LogP contribution in [0.5, 0.6) is 0 Å². The van der Waals surface area contributed by atoms with E-state index in [0.717, 1.165) is 38.6 Å². The van der Waals surface area contributed by atoms with Gasteiger partial charge < -0.3 is 16.0 Å². The third kappa shape index (κ3) is 3.47. The zero-order chi connectivity index (χ0) is 13.8. The summed E-state index contributed by atoms with van der Waals surface area (Å²) in [5.74, 6) is 0.706. The second-order valence-electron chi connectivity index (χ2n) is 5.86. The summed E-state index contributed by atoms with van der Waals surface area (Å²) in [5.41, 5.74) is 5.76. The van der Waals surface area contributed by atoms with Crippen molar-refractivity contribution in [2.24, 2.45) is 17.6 Å². The Morgan fingerprint density at radius 1 is 1.26 bits per heavy atom. The van der Waals surface area contributed by atoms with Gasteiger partial charge in [-0.15, -0.1) is 0 Å². The normalized spacial score (nSPS) is 31.3. The minimum Gasteiger partial charge on any atom is -0.352 e. The van der Waals surface area contributed by atoms with Gasteiger partial charge in [0, 0.05) is 32.0 Å². The summed E-state index contributed by atoms with van der Waals surface area (Å²) in [6.07, 6.45) is 5.10. The SMILES string of the molecule is CC(=O)NC1CCCN(C(=O)[C@@H]2CCC[C@@H]2CN)C1. The van der Waals surface area contributed by atoms with Crippen LogP contribution in [0, 0.1) is 11.8 Å². The first-order chi connectivity index (χ1) is 9.11. The lowest BCUT2D eigenvalue weighted by molar-refractivity contribution is -0.138. The van der Waals surface area contributed by atoms with Crippen LogP contribution >= 0.6 is 0 Å². The maximum absolute atomic E-state index is 12.6. The van der Waals surface area contributed by atoms with Crippen LogP contribution in [0.4, 0.5) is 0 Å². The van der Waals surface area contributed by atoms with E-state index in [9.17, 15) is 9.59 Å². The van der Waals surface area contributed by atoms with E-state index in [1.807, 2.05) is 4.90 Å². The van der Waals surface area contributed by atoms with E-state index in [4.69, 9.17) is 5.73 Å². The van der Waals surface area contributed by atoms with Crippen LogP contribution in [0.3, 0.4) is 0 Å². The minimum absolute atomic E-state index is 0.0139. The molecule has 0 bridgehead atoms. The van der Waals surface area contributed by atoms with Gasteiger partial charge in [0.1, 0.15) is 0 Å². The van der Waals surface area contributed by atoms with E-state index >= 15 is 0 Å². The molecule has 2 fully saturated rings. The molecule has 5 nitrogen and oxygen atoms in total. The van der Waals surface area contributed by atoms with Crippen molar-refractivity contribution in [2.75, 3.05) is 19.6 Å². The first-order valence-electron chi connectivity index (χ1n) is 7.37. The Balaban J connectivity index is 1.93. The van der Waals surface area contributed by atoms with Crippen LogP contribution in [0.1, 0.15) is 39.0 Å².